The molecule has 0 saturated carbocycles. The number of aromatic nitrogens is 1. The number of fused-ring (bicyclic) bond motifs is 1. The van der Waals surface area contributed by atoms with Gasteiger partial charge in [-0.15, -0.1) is 0 Å². The van der Waals surface area contributed by atoms with Crippen LogP contribution in [0.25, 0.3) is 11.3 Å². The van der Waals surface area contributed by atoms with Gasteiger partial charge >= 0.3 is 0 Å². The normalized spacial score (nSPS) is 11.0. The Bertz CT molecular complexity index is 1030. The van der Waals surface area contributed by atoms with Crippen LogP contribution >= 0.6 is 0 Å². The minimum atomic E-state index is -0.300. The van der Waals surface area contributed by atoms with Crippen molar-refractivity contribution in [1.82, 2.24) is 4.57 Å². The Balaban J connectivity index is 2.02. The molecule has 5 heteroatoms. The first-order valence-electron chi connectivity index (χ1n) is 8.49. The van der Waals surface area contributed by atoms with Crippen molar-refractivity contribution in [2.24, 2.45) is 0 Å². The molecule has 0 saturated heterocycles. The molecule has 1 aromatic rings. The number of nitriles is 1. The van der Waals surface area contributed by atoms with Crippen LogP contribution in [0.5, 0.6) is 11.5 Å². The second-order valence-corrected chi connectivity index (χ2v) is 6.64. The van der Waals surface area contributed by atoms with Gasteiger partial charge in [0.15, 0.2) is 11.5 Å². The number of phenols is 2. The van der Waals surface area contributed by atoms with Gasteiger partial charge in [0.1, 0.15) is 11.6 Å². The SMILES string of the molecule is CC(C)c1cccc2n(CCc3ccc(O)c(O)c3)c(=O)c(C#N)c-2c1. The van der Waals surface area contributed by atoms with Gasteiger partial charge in [-0.25, -0.2) is 0 Å². The number of aromatic hydroxyl groups is 2. The zero-order valence-electron chi connectivity index (χ0n) is 14.7. The summed E-state index contributed by atoms with van der Waals surface area (Å²) in [7, 11) is 0. The van der Waals surface area contributed by atoms with Gasteiger partial charge in [0, 0.05) is 12.1 Å². The topological polar surface area (TPSA) is 86.2 Å². The van der Waals surface area contributed by atoms with Crippen LogP contribution in [0.2, 0.25) is 0 Å². The highest BCUT2D eigenvalue weighted by molar-refractivity contribution is 5.70. The largest absolute Gasteiger partial charge is 0.504 e. The molecule has 0 bridgehead atoms. The molecule has 26 heavy (non-hydrogen) atoms. The van der Waals surface area contributed by atoms with Gasteiger partial charge in [-0.1, -0.05) is 32.0 Å². The molecule has 5 nitrogen and oxygen atoms in total. The summed E-state index contributed by atoms with van der Waals surface area (Å²) in [6, 6.07) is 14.3. The Morgan fingerprint density at radius 1 is 1.12 bits per heavy atom. The number of benzene rings is 1. The maximum Gasteiger partial charge on any atom is 0.269 e. The maximum absolute atomic E-state index is 12.7. The molecule has 0 fully saturated rings. The molecule has 0 aromatic heterocycles. The zero-order chi connectivity index (χ0) is 18.8. The lowest BCUT2D eigenvalue weighted by Gasteiger charge is -2.07. The van der Waals surface area contributed by atoms with Crippen LogP contribution in [0.1, 0.15) is 36.5 Å². The van der Waals surface area contributed by atoms with Gasteiger partial charge < -0.3 is 14.8 Å². The summed E-state index contributed by atoms with van der Waals surface area (Å²) in [4.78, 5) is 12.7. The minimum Gasteiger partial charge on any atom is -0.504 e. The highest BCUT2D eigenvalue weighted by atomic mass is 16.3. The summed E-state index contributed by atoms with van der Waals surface area (Å²) >= 11 is 0. The molecule has 0 unspecified atom stereocenters. The molecule has 132 valence electrons. The molecule has 0 amide bonds. The van der Waals surface area contributed by atoms with E-state index in [0.717, 1.165) is 16.8 Å². The number of aryl methyl sites for hydroxylation is 1. The number of rotatable bonds is 4. The Morgan fingerprint density at radius 2 is 1.88 bits per heavy atom. The summed E-state index contributed by atoms with van der Waals surface area (Å²) < 4.78 is 1.60. The molecule has 0 atom stereocenters. The van der Waals surface area contributed by atoms with E-state index < -0.39 is 0 Å². The zero-order valence-corrected chi connectivity index (χ0v) is 14.7. The monoisotopic (exact) mass is 348 g/mol. The number of hydrogen-bond acceptors (Lipinski definition) is 4. The highest BCUT2D eigenvalue weighted by Crippen LogP contribution is 2.28. The summed E-state index contributed by atoms with van der Waals surface area (Å²) in [5, 5.41) is 28.5. The van der Waals surface area contributed by atoms with E-state index in [9.17, 15) is 20.3 Å². The maximum atomic E-state index is 12.7. The first-order chi connectivity index (χ1) is 12.4. The van der Waals surface area contributed by atoms with Crippen LogP contribution < -0.4 is 5.56 Å². The van der Waals surface area contributed by atoms with E-state index in [-0.39, 0.29) is 28.5 Å². The first-order valence-corrected chi connectivity index (χ1v) is 8.49. The lowest BCUT2D eigenvalue weighted by molar-refractivity contribution is 0.403. The first kappa shape index (κ1) is 17.6. The molecule has 2 aliphatic rings. The fourth-order valence-electron chi connectivity index (χ4n) is 3.08. The van der Waals surface area contributed by atoms with E-state index in [1.165, 1.54) is 12.1 Å². The molecule has 1 aromatic carbocycles. The van der Waals surface area contributed by atoms with Crippen molar-refractivity contribution in [2.75, 3.05) is 0 Å². The summed E-state index contributed by atoms with van der Waals surface area (Å²) in [5.74, 6) is -0.0758. The molecule has 1 heterocycles. The second-order valence-electron chi connectivity index (χ2n) is 6.64. The van der Waals surface area contributed by atoms with Crippen molar-refractivity contribution in [1.29, 1.82) is 5.26 Å². The molecule has 1 aliphatic heterocycles. The Labute approximate surface area is 151 Å². The standard InChI is InChI=1S/C21H20N2O3/c1-13(2)15-4-3-5-18-16(11-15)17(12-22)21(26)23(18)9-8-14-6-7-19(24)20(25)10-14/h3-7,10-11,13,24-25H,8-9H2,1-2H3. The average molecular weight is 348 g/mol. The van der Waals surface area contributed by atoms with Crippen LogP contribution in [-0.2, 0) is 13.0 Å². The van der Waals surface area contributed by atoms with E-state index in [0.29, 0.717) is 18.5 Å². The van der Waals surface area contributed by atoms with Crippen LogP contribution in [0, 0.1) is 11.3 Å². The summed E-state index contributed by atoms with van der Waals surface area (Å²) in [6.45, 7) is 4.52. The summed E-state index contributed by atoms with van der Waals surface area (Å²) in [6.07, 6.45) is 0.493. The van der Waals surface area contributed by atoms with Gasteiger partial charge in [-0.3, -0.25) is 4.79 Å². The predicted molar refractivity (Wildman–Crippen MR) is 99.6 cm³/mol. The van der Waals surface area contributed by atoms with Crippen LogP contribution in [0.15, 0.2) is 47.3 Å². The number of nitrogens with zero attached hydrogens (tertiary/aromatic N) is 2. The van der Waals surface area contributed by atoms with E-state index in [2.05, 4.69) is 13.8 Å². The van der Waals surface area contributed by atoms with Crippen LogP contribution in [-0.4, -0.2) is 14.8 Å². The van der Waals surface area contributed by atoms with Gasteiger partial charge in [0.05, 0.1) is 5.69 Å². The van der Waals surface area contributed by atoms with Crippen molar-refractivity contribution in [2.45, 2.75) is 32.7 Å². The lowest BCUT2D eigenvalue weighted by Crippen LogP contribution is -2.18. The predicted octanol–water partition coefficient (Wildman–Crippen LogP) is 3.60. The van der Waals surface area contributed by atoms with Crippen molar-refractivity contribution in [3.05, 3.63) is 69.5 Å². The van der Waals surface area contributed by atoms with E-state index >= 15 is 0 Å². The van der Waals surface area contributed by atoms with Crippen LogP contribution in [0.3, 0.4) is 0 Å². The van der Waals surface area contributed by atoms with Gasteiger partial charge in [0.2, 0.25) is 0 Å². The molecule has 3 rings (SSSR count). The molecule has 0 spiro atoms. The average Bonchev–Trinajstić information content (AvgIpc) is 2.75. The third-order valence-electron chi connectivity index (χ3n) is 4.59. The third-order valence-corrected chi connectivity index (χ3v) is 4.59. The number of phenolic OH excluding ortho intramolecular Hbond substituents is 2. The van der Waals surface area contributed by atoms with Crippen molar-refractivity contribution >= 4 is 0 Å². The van der Waals surface area contributed by atoms with Crippen molar-refractivity contribution in [3.63, 3.8) is 0 Å². The van der Waals surface area contributed by atoms with Gasteiger partial charge in [0.25, 0.3) is 5.56 Å². The lowest BCUT2D eigenvalue weighted by atomic mass is 10.0. The quantitative estimate of drug-likeness (QED) is 0.705. The Morgan fingerprint density at radius 3 is 2.54 bits per heavy atom. The fraction of sp³-hybridized carbons (Fsp3) is 0.238. The molecular formula is C21H20N2O3. The Hall–Kier alpha value is -3.26. The smallest absolute Gasteiger partial charge is 0.269 e. The van der Waals surface area contributed by atoms with Gasteiger partial charge in [-0.2, -0.15) is 5.26 Å². The Kier molecular flexibility index (Phi) is 4.68. The van der Waals surface area contributed by atoms with Crippen LogP contribution in [0.4, 0.5) is 0 Å². The number of hydrogen-bond donors (Lipinski definition) is 2. The van der Waals surface area contributed by atoms with Gasteiger partial charge in [-0.05, 0) is 47.7 Å². The summed E-state index contributed by atoms with van der Waals surface area (Å²) in [5.41, 5.74) is 3.11. The third kappa shape index (κ3) is 3.14. The molecule has 0 radical (unpaired) electrons. The molecular weight excluding hydrogens is 328 g/mol. The second kappa shape index (κ2) is 6.93. The van der Waals surface area contributed by atoms with E-state index in [1.807, 2.05) is 30.3 Å². The molecule has 2 N–H and O–H groups in total. The van der Waals surface area contributed by atoms with Crippen molar-refractivity contribution < 1.29 is 10.2 Å². The van der Waals surface area contributed by atoms with E-state index in [4.69, 9.17) is 0 Å². The minimum absolute atomic E-state index is 0.159. The fourth-order valence-corrected chi connectivity index (χ4v) is 3.08. The molecule has 1 aliphatic carbocycles. The highest BCUT2D eigenvalue weighted by Gasteiger charge is 2.20. The van der Waals surface area contributed by atoms with Crippen molar-refractivity contribution in [3.8, 4) is 28.8 Å². The van der Waals surface area contributed by atoms with E-state index in [1.54, 1.807) is 10.6 Å².